The summed E-state index contributed by atoms with van der Waals surface area (Å²) in [6.07, 6.45) is 1.71. The molecular formula is C19H20N2O4S. The average molecular weight is 372 g/mol. The Bertz CT molecular complexity index is 759. The molecule has 1 fully saturated rings. The first-order valence-electron chi connectivity index (χ1n) is 8.42. The van der Waals surface area contributed by atoms with E-state index in [2.05, 4.69) is 17.4 Å². The van der Waals surface area contributed by atoms with Crippen molar-refractivity contribution in [3.63, 3.8) is 0 Å². The van der Waals surface area contributed by atoms with Crippen molar-refractivity contribution in [1.82, 2.24) is 5.32 Å². The van der Waals surface area contributed by atoms with Gasteiger partial charge in [-0.1, -0.05) is 18.2 Å². The number of hydrogen-bond donors (Lipinski definition) is 1. The fraction of sp³-hybridized carbons (Fsp3) is 0.316. The van der Waals surface area contributed by atoms with Crippen molar-refractivity contribution >= 4 is 23.4 Å². The van der Waals surface area contributed by atoms with Crippen molar-refractivity contribution in [3.05, 3.63) is 70.3 Å². The van der Waals surface area contributed by atoms with E-state index < -0.39 is 4.92 Å². The minimum absolute atomic E-state index is 0.0258. The van der Waals surface area contributed by atoms with E-state index in [1.54, 1.807) is 11.8 Å². The van der Waals surface area contributed by atoms with Crippen molar-refractivity contribution in [2.45, 2.75) is 22.5 Å². The van der Waals surface area contributed by atoms with Crippen molar-refractivity contribution < 1.29 is 14.5 Å². The fourth-order valence-corrected chi connectivity index (χ4v) is 4.18. The van der Waals surface area contributed by atoms with Crippen molar-refractivity contribution in [3.8, 4) is 0 Å². The molecule has 0 spiro atoms. The molecule has 0 radical (unpaired) electrons. The lowest BCUT2D eigenvalue weighted by atomic mass is 9.99. The van der Waals surface area contributed by atoms with Gasteiger partial charge in [-0.05, 0) is 37.1 Å². The maximum absolute atomic E-state index is 12.4. The van der Waals surface area contributed by atoms with Gasteiger partial charge >= 0.3 is 0 Å². The Balaban J connectivity index is 1.67. The molecule has 1 N–H and O–H groups in total. The lowest BCUT2D eigenvalue weighted by Crippen LogP contribution is -2.44. The van der Waals surface area contributed by atoms with E-state index in [0.717, 1.165) is 12.8 Å². The molecule has 1 amide bonds. The van der Waals surface area contributed by atoms with Gasteiger partial charge in [0.2, 0.25) is 0 Å². The minimum Gasteiger partial charge on any atom is -0.381 e. The number of thioether (sulfide) groups is 1. The Morgan fingerprint density at radius 1 is 1.12 bits per heavy atom. The van der Waals surface area contributed by atoms with Crippen LogP contribution in [0.3, 0.4) is 0 Å². The number of non-ortho nitro benzene ring substituents is 1. The molecule has 26 heavy (non-hydrogen) atoms. The van der Waals surface area contributed by atoms with Crippen LogP contribution in [0.15, 0.2) is 59.5 Å². The van der Waals surface area contributed by atoms with Crippen molar-refractivity contribution in [2.24, 2.45) is 0 Å². The van der Waals surface area contributed by atoms with Crippen LogP contribution in [-0.4, -0.2) is 35.3 Å². The number of hydrogen-bond acceptors (Lipinski definition) is 5. The summed E-state index contributed by atoms with van der Waals surface area (Å²) >= 11 is 1.77. The van der Waals surface area contributed by atoms with Crippen LogP contribution in [0.2, 0.25) is 0 Å². The molecule has 1 aliphatic rings. The van der Waals surface area contributed by atoms with Gasteiger partial charge in [-0.2, -0.15) is 0 Å². The maximum Gasteiger partial charge on any atom is 0.269 e. The van der Waals surface area contributed by atoms with Crippen LogP contribution in [0.1, 0.15) is 23.2 Å². The normalized spacial score (nSPS) is 16.0. The van der Waals surface area contributed by atoms with Gasteiger partial charge in [0, 0.05) is 47.1 Å². The summed E-state index contributed by atoms with van der Waals surface area (Å²) in [6, 6.07) is 15.8. The summed E-state index contributed by atoms with van der Waals surface area (Å²) in [5.41, 5.74) is 0.393. The van der Waals surface area contributed by atoms with E-state index in [-0.39, 0.29) is 16.3 Å². The third-order valence-electron chi connectivity index (χ3n) is 4.39. The molecule has 2 aromatic carbocycles. The van der Waals surface area contributed by atoms with Gasteiger partial charge in [0.25, 0.3) is 11.6 Å². The van der Waals surface area contributed by atoms with Crippen LogP contribution in [0.25, 0.3) is 0 Å². The molecule has 0 atom stereocenters. The van der Waals surface area contributed by atoms with Crippen LogP contribution < -0.4 is 5.32 Å². The van der Waals surface area contributed by atoms with Crippen LogP contribution in [0.4, 0.5) is 5.69 Å². The molecule has 0 bridgehead atoms. The Morgan fingerprint density at radius 2 is 1.77 bits per heavy atom. The predicted molar refractivity (Wildman–Crippen MR) is 101 cm³/mol. The average Bonchev–Trinajstić information content (AvgIpc) is 2.68. The van der Waals surface area contributed by atoms with Crippen LogP contribution in [0, 0.1) is 10.1 Å². The molecule has 1 saturated heterocycles. The third-order valence-corrected chi connectivity index (χ3v) is 5.89. The second-order valence-electron chi connectivity index (χ2n) is 6.20. The molecule has 0 aromatic heterocycles. The molecule has 0 saturated carbocycles. The molecule has 3 rings (SSSR count). The van der Waals surface area contributed by atoms with Gasteiger partial charge in [0.05, 0.1) is 4.92 Å². The highest BCUT2D eigenvalue weighted by atomic mass is 32.2. The summed E-state index contributed by atoms with van der Waals surface area (Å²) in [5, 5.41) is 13.7. The number of ether oxygens (including phenoxy) is 1. The van der Waals surface area contributed by atoms with E-state index in [4.69, 9.17) is 4.74 Å². The molecule has 0 unspecified atom stereocenters. The highest BCUT2D eigenvalue weighted by Gasteiger charge is 2.34. The number of nitro benzene ring substituents is 1. The zero-order chi connectivity index (χ0) is 18.4. The fourth-order valence-electron chi connectivity index (χ4n) is 2.87. The van der Waals surface area contributed by atoms with Gasteiger partial charge in [-0.15, -0.1) is 11.8 Å². The highest BCUT2D eigenvalue weighted by molar-refractivity contribution is 8.00. The number of carbonyl (C=O) groups is 1. The van der Waals surface area contributed by atoms with Gasteiger partial charge in [-0.3, -0.25) is 14.9 Å². The van der Waals surface area contributed by atoms with Gasteiger partial charge in [0.1, 0.15) is 0 Å². The standard InChI is InChI=1S/C19H20N2O4S/c22-18(15-6-8-16(9-7-15)21(23)24)20-14-19(10-12-25-13-11-19)26-17-4-2-1-3-5-17/h1-9H,10-14H2,(H,20,22). The highest BCUT2D eigenvalue weighted by Crippen LogP contribution is 2.40. The zero-order valence-electron chi connectivity index (χ0n) is 14.2. The number of nitro groups is 1. The van der Waals surface area contributed by atoms with E-state index in [9.17, 15) is 14.9 Å². The number of carbonyl (C=O) groups excluding carboxylic acids is 1. The second kappa shape index (κ2) is 8.33. The summed E-state index contributed by atoms with van der Waals surface area (Å²) in [7, 11) is 0. The lowest BCUT2D eigenvalue weighted by molar-refractivity contribution is -0.384. The quantitative estimate of drug-likeness (QED) is 0.618. The largest absolute Gasteiger partial charge is 0.381 e. The van der Waals surface area contributed by atoms with Crippen molar-refractivity contribution in [2.75, 3.05) is 19.8 Å². The SMILES string of the molecule is O=C(NCC1(Sc2ccccc2)CCOCC1)c1ccc([N+](=O)[O-])cc1. The first kappa shape index (κ1) is 18.4. The molecule has 1 aliphatic heterocycles. The molecular weight excluding hydrogens is 352 g/mol. The monoisotopic (exact) mass is 372 g/mol. The number of nitrogens with zero attached hydrogens (tertiary/aromatic N) is 1. The zero-order valence-corrected chi connectivity index (χ0v) is 15.0. The van der Waals surface area contributed by atoms with Crippen LogP contribution in [0.5, 0.6) is 0 Å². The molecule has 0 aliphatic carbocycles. The second-order valence-corrected chi connectivity index (χ2v) is 7.74. The molecule has 1 heterocycles. The van der Waals surface area contributed by atoms with Crippen LogP contribution in [-0.2, 0) is 4.74 Å². The van der Waals surface area contributed by atoms with Crippen LogP contribution >= 0.6 is 11.8 Å². The summed E-state index contributed by atoms with van der Waals surface area (Å²) < 4.78 is 5.38. The lowest BCUT2D eigenvalue weighted by Gasteiger charge is -2.36. The maximum atomic E-state index is 12.4. The Kier molecular flexibility index (Phi) is 5.90. The van der Waals surface area contributed by atoms with E-state index in [0.29, 0.717) is 25.3 Å². The van der Waals surface area contributed by atoms with Gasteiger partial charge in [0.15, 0.2) is 0 Å². The van der Waals surface area contributed by atoms with Crippen molar-refractivity contribution in [1.29, 1.82) is 0 Å². The third kappa shape index (κ3) is 4.62. The minimum atomic E-state index is -0.477. The number of rotatable bonds is 6. The smallest absolute Gasteiger partial charge is 0.269 e. The summed E-state index contributed by atoms with van der Waals surface area (Å²) in [6.45, 7) is 1.87. The van der Waals surface area contributed by atoms with Gasteiger partial charge in [-0.25, -0.2) is 0 Å². The Labute approximate surface area is 156 Å². The number of nitrogens with one attached hydrogen (secondary N) is 1. The summed E-state index contributed by atoms with van der Waals surface area (Å²) in [4.78, 5) is 23.9. The Hall–Kier alpha value is -2.38. The van der Waals surface area contributed by atoms with Gasteiger partial charge < -0.3 is 10.1 Å². The van der Waals surface area contributed by atoms with E-state index in [1.807, 2.05) is 18.2 Å². The molecule has 7 heteroatoms. The first-order chi connectivity index (χ1) is 12.6. The summed E-state index contributed by atoms with van der Waals surface area (Å²) in [5.74, 6) is -0.223. The van der Waals surface area contributed by atoms with E-state index in [1.165, 1.54) is 29.2 Å². The molecule has 2 aromatic rings. The predicted octanol–water partition coefficient (Wildman–Crippen LogP) is 3.67. The first-order valence-corrected chi connectivity index (χ1v) is 9.24. The van der Waals surface area contributed by atoms with E-state index >= 15 is 0 Å². The molecule has 136 valence electrons. The Morgan fingerprint density at radius 3 is 2.38 bits per heavy atom. The topological polar surface area (TPSA) is 81.5 Å². The number of amides is 1. The number of benzene rings is 2. The molecule has 6 nitrogen and oxygen atoms in total.